The maximum atomic E-state index is 10.8. The molecule has 146 valence electrons. The number of allylic oxidation sites excluding steroid dienone is 1. The zero-order chi connectivity index (χ0) is 20.1. The summed E-state index contributed by atoms with van der Waals surface area (Å²) in [5.74, 6) is 1.84. The fraction of sp³-hybridized carbons (Fsp3) is 0.278. The molecule has 10 heteroatoms. The number of aryl methyl sites for hydroxylation is 1. The summed E-state index contributed by atoms with van der Waals surface area (Å²) in [6.45, 7) is 8.22. The maximum absolute atomic E-state index is 10.8. The van der Waals surface area contributed by atoms with Gasteiger partial charge in [-0.3, -0.25) is 19.4 Å². The number of hydrogen-bond donors (Lipinski definition) is 0. The van der Waals surface area contributed by atoms with Gasteiger partial charge in [0.15, 0.2) is 17.1 Å². The molecule has 1 atom stereocenters. The van der Waals surface area contributed by atoms with Gasteiger partial charge in [-0.25, -0.2) is 0 Å². The van der Waals surface area contributed by atoms with E-state index in [0.717, 1.165) is 11.3 Å². The zero-order valence-electron chi connectivity index (χ0n) is 15.6. The van der Waals surface area contributed by atoms with Crippen molar-refractivity contribution in [2.75, 3.05) is 0 Å². The van der Waals surface area contributed by atoms with Crippen LogP contribution < -0.4 is 4.74 Å². The second kappa shape index (κ2) is 8.70. The van der Waals surface area contributed by atoms with Crippen LogP contribution in [0.1, 0.15) is 24.4 Å². The Morgan fingerprint density at radius 2 is 2.18 bits per heavy atom. The molecule has 0 spiro atoms. The third-order valence-corrected chi connectivity index (χ3v) is 4.93. The lowest BCUT2D eigenvalue weighted by Gasteiger charge is -2.17. The molecule has 9 nitrogen and oxygen atoms in total. The molecule has 0 aliphatic heterocycles. The van der Waals surface area contributed by atoms with Crippen molar-refractivity contribution >= 4 is 17.4 Å². The number of nitrogens with zero attached hydrogens (tertiary/aromatic N) is 6. The topological polar surface area (TPSA) is 101 Å². The fourth-order valence-electron chi connectivity index (χ4n) is 2.58. The van der Waals surface area contributed by atoms with Gasteiger partial charge in [-0.1, -0.05) is 36.0 Å². The third kappa shape index (κ3) is 4.39. The van der Waals surface area contributed by atoms with Crippen molar-refractivity contribution < 1.29 is 9.66 Å². The molecular formula is C18H20N6O3S. The molecule has 3 aromatic rings. The van der Waals surface area contributed by atoms with Crippen LogP contribution in [0.3, 0.4) is 0 Å². The van der Waals surface area contributed by atoms with Crippen LogP contribution in [0.2, 0.25) is 0 Å². The Morgan fingerprint density at radius 3 is 2.86 bits per heavy atom. The molecule has 1 aromatic carbocycles. The van der Waals surface area contributed by atoms with Crippen LogP contribution in [0.25, 0.3) is 0 Å². The van der Waals surface area contributed by atoms with Gasteiger partial charge in [0.1, 0.15) is 18.1 Å². The van der Waals surface area contributed by atoms with E-state index in [9.17, 15) is 10.1 Å². The minimum atomic E-state index is -0.475. The average molecular weight is 400 g/mol. The quantitative estimate of drug-likeness (QED) is 0.233. The highest BCUT2D eigenvalue weighted by Gasteiger charge is 2.20. The van der Waals surface area contributed by atoms with Crippen LogP contribution in [0.4, 0.5) is 5.69 Å². The van der Waals surface area contributed by atoms with Crippen LogP contribution in [0.15, 0.2) is 54.5 Å². The number of rotatable bonds is 9. The molecule has 2 aromatic heterocycles. The zero-order valence-corrected chi connectivity index (χ0v) is 16.4. The Balaban J connectivity index is 1.75. The van der Waals surface area contributed by atoms with Crippen LogP contribution in [-0.2, 0) is 12.4 Å². The number of para-hydroxylation sites is 1. The highest BCUT2D eigenvalue weighted by Crippen LogP contribution is 2.27. The van der Waals surface area contributed by atoms with Crippen molar-refractivity contribution in [1.82, 2.24) is 24.5 Å². The Morgan fingerprint density at radius 1 is 1.39 bits per heavy atom. The Hall–Kier alpha value is -3.14. The predicted molar refractivity (Wildman–Crippen MR) is 105 cm³/mol. The van der Waals surface area contributed by atoms with Gasteiger partial charge in [-0.05, 0) is 25.5 Å². The summed E-state index contributed by atoms with van der Waals surface area (Å²) in [5.41, 5.74) is 0.994. The van der Waals surface area contributed by atoms with Crippen LogP contribution in [-0.4, -0.2) is 29.5 Å². The Labute approximate surface area is 166 Å². The molecule has 0 bridgehead atoms. The lowest BCUT2D eigenvalue weighted by molar-refractivity contribution is -0.385. The molecule has 0 N–H and O–H groups in total. The second-order valence-corrected chi connectivity index (χ2v) is 6.95. The first-order chi connectivity index (χ1) is 13.5. The van der Waals surface area contributed by atoms with E-state index in [2.05, 4.69) is 21.9 Å². The van der Waals surface area contributed by atoms with Crippen molar-refractivity contribution in [1.29, 1.82) is 0 Å². The number of benzene rings is 1. The fourth-order valence-corrected chi connectivity index (χ4v) is 3.39. The van der Waals surface area contributed by atoms with E-state index in [1.165, 1.54) is 28.8 Å². The summed E-state index contributed by atoms with van der Waals surface area (Å²) in [6.07, 6.45) is 4.05. The largest absolute Gasteiger partial charge is 0.482 e. The molecule has 0 amide bonds. The van der Waals surface area contributed by atoms with Gasteiger partial charge < -0.3 is 4.74 Å². The smallest absolute Gasteiger partial charge is 0.307 e. The normalized spacial score (nSPS) is 11.9. The molecule has 0 aliphatic rings. The maximum Gasteiger partial charge on any atom is 0.307 e. The van der Waals surface area contributed by atoms with Gasteiger partial charge in [-0.2, -0.15) is 5.10 Å². The number of ether oxygens (including phenoxy) is 1. The van der Waals surface area contributed by atoms with E-state index in [-0.39, 0.29) is 11.8 Å². The molecular weight excluding hydrogens is 380 g/mol. The molecule has 0 aliphatic carbocycles. The van der Waals surface area contributed by atoms with Crippen LogP contribution >= 0.6 is 11.8 Å². The lowest BCUT2D eigenvalue weighted by atomic mass is 10.2. The summed E-state index contributed by atoms with van der Waals surface area (Å²) in [7, 11) is 0. The van der Waals surface area contributed by atoms with E-state index in [4.69, 9.17) is 4.74 Å². The van der Waals surface area contributed by atoms with E-state index in [1.54, 1.807) is 6.08 Å². The van der Waals surface area contributed by atoms with Gasteiger partial charge in [0, 0.05) is 6.54 Å². The third-order valence-electron chi connectivity index (χ3n) is 3.97. The monoisotopic (exact) mass is 400 g/mol. The highest BCUT2D eigenvalue weighted by atomic mass is 32.2. The van der Waals surface area contributed by atoms with Gasteiger partial charge >= 0.3 is 5.69 Å². The molecule has 0 radical (unpaired) electrons. The summed E-state index contributed by atoms with van der Waals surface area (Å²) >= 11 is 1.38. The van der Waals surface area contributed by atoms with Crippen LogP contribution in [0.5, 0.6) is 5.75 Å². The second-order valence-electron chi connectivity index (χ2n) is 6.03. The number of aromatic nitrogens is 5. The Kier molecular flexibility index (Phi) is 6.09. The molecule has 0 fully saturated rings. The molecule has 1 unspecified atom stereocenters. The van der Waals surface area contributed by atoms with E-state index >= 15 is 0 Å². The first kappa shape index (κ1) is 19.6. The standard InChI is InChI=1S/C18H20N6O3S/c1-4-9-23-17(14(3)27-16-8-6-5-7-13(16)2)20-21-18(23)28-12-22-11-15(10-19-22)24(25)26/h4-8,10-11,14H,1,9,12H2,2-3H3. The van der Waals surface area contributed by atoms with E-state index in [0.29, 0.717) is 23.4 Å². The Bertz CT molecular complexity index is 983. The van der Waals surface area contributed by atoms with Gasteiger partial charge in [0.25, 0.3) is 0 Å². The van der Waals surface area contributed by atoms with Crippen molar-refractivity contribution in [3.8, 4) is 5.75 Å². The minimum Gasteiger partial charge on any atom is -0.482 e. The first-order valence-electron chi connectivity index (χ1n) is 8.55. The van der Waals surface area contributed by atoms with Crippen molar-refractivity contribution in [2.45, 2.75) is 37.5 Å². The molecule has 2 heterocycles. The number of thioether (sulfide) groups is 1. The summed E-state index contributed by atoms with van der Waals surface area (Å²) < 4.78 is 9.47. The van der Waals surface area contributed by atoms with Gasteiger partial charge in [0.2, 0.25) is 0 Å². The summed E-state index contributed by atoms with van der Waals surface area (Å²) in [5, 5.41) is 24.0. The molecule has 0 saturated heterocycles. The van der Waals surface area contributed by atoms with Crippen LogP contribution in [0, 0.1) is 17.0 Å². The van der Waals surface area contributed by atoms with Gasteiger partial charge in [-0.15, -0.1) is 16.8 Å². The van der Waals surface area contributed by atoms with E-state index < -0.39 is 4.92 Å². The molecule has 0 saturated carbocycles. The molecule has 3 rings (SSSR count). The number of nitro groups is 1. The molecule has 28 heavy (non-hydrogen) atoms. The highest BCUT2D eigenvalue weighted by molar-refractivity contribution is 7.98. The van der Waals surface area contributed by atoms with Crippen molar-refractivity contribution in [3.05, 3.63) is 70.8 Å². The van der Waals surface area contributed by atoms with E-state index in [1.807, 2.05) is 42.7 Å². The average Bonchev–Trinajstić information content (AvgIpc) is 3.29. The van der Waals surface area contributed by atoms with Gasteiger partial charge in [0.05, 0.1) is 10.8 Å². The summed E-state index contributed by atoms with van der Waals surface area (Å²) in [6, 6.07) is 7.79. The minimum absolute atomic E-state index is 0.0471. The lowest BCUT2D eigenvalue weighted by Crippen LogP contribution is -2.12. The first-order valence-corrected chi connectivity index (χ1v) is 9.54. The van der Waals surface area contributed by atoms with Crippen molar-refractivity contribution in [3.63, 3.8) is 0 Å². The summed E-state index contributed by atoms with van der Waals surface area (Å²) in [4.78, 5) is 10.3. The number of hydrogen-bond acceptors (Lipinski definition) is 7. The SMILES string of the molecule is C=CCn1c(SCn2cc([N+](=O)[O-])cn2)nnc1C(C)Oc1ccccc1C. The van der Waals surface area contributed by atoms with Crippen molar-refractivity contribution in [2.24, 2.45) is 0 Å². The predicted octanol–water partition coefficient (Wildman–Crippen LogP) is 3.77.